The number of hydrogen-bond donors (Lipinski definition) is 2. The monoisotopic (exact) mass is 494 g/mol. The van der Waals surface area contributed by atoms with E-state index in [0.29, 0.717) is 25.6 Å². The molecule has 5 nitrogen and oxygen atoms in total. The SMILES string of the molecule is CCNC(=NCC(C)(C)OC)NCCC1CCN(CC(F)(F)F)CC1.I. The van der Waals surface area contributed by atoms with E-state index >= 15 is 0 Å². The van der Waals surface area contributed by atoms with E-state index in [1.807, 2.05) is 20.8 Å². The topological polar surface area (TPSA) is 48.9 Å². The molecule has 9 heteroatoms. The molecule has 2 N–H and O–H groups in total. The predicted octanol–water partition coefficient (Wildman–Crippen LogP) is 3.25. The standard InChI is InChI=1S/C17H33F3N4O.HI/c1-5-21-15(23-12-16(2,3)25-4)22-9-6-14-7-10-24(11-8-14)13-17(18,19)20;/h14H,5-13H2,1-4H3,(H2,21,22,23);1H. The molecule has 0 aromatic heterocycles. The Kier molecular flexibility index (Phi) is 12.1. The summed E-state index contributed by atoms with van der Waals surface area (Å²) < 4.78 is 42.6. The first-order chi connectivity index (χ1) is 11.6. The summed E-state index contributed by atoms with van der Waals surface area (Å²) in [7, 11) is 1.67. The van der Waals surface area contributed by atoms with Crippen molar-refractivity contribution in [1.82, 2.24) is 15.5 Å². The lowest BCUT2D eigenvalue weighted by Gasteiger charge is -2.32. The van der Waals surface area contributed by atoms with Gasteiger partial charge in [-0.2, -0.15) is 13.2 Å². The van der Waals surface area contributed by atoms with Crippen molar-refractivity contribution in [3.63, 3.8) is 0 Å². The van der Waals surface area contributed by atoms with Crippen LogP contribution in [0.15, 0.2) is 4.99 Å². The molecular formula is C17H34F3IN4O. The third kappa shape index (κ3) is 11.4. The molecule has 156 valence electrons. The lowest BCUT2D eigenvalue weighted by atomic mass is 9.93. The highest BCUT2D eigenvalue weighted by molar-refractivity contribution is 14.0. The maximum absolute atomic E-state index is 12.4. The second-order valence-corrected chi connectivity index (χ2v) is 7.21. The molecule has 0 aromatic rings. The molecule has 0 aromatic carbocycles. The molecule has 0 amide bonds. The van der Waals surface area contributed by atoms with E-state index in [2.05, 4.69) is 15.6 Å². The van der Waals surface area contributed by atoms with E-state index in [-0.39, 0.29) is 29.6 Å². The van der Waals surface area contributed by atoms with Crippen LogP contribution >= 0.6 is 24.0 Å². The van der Waals surface area contributed by atoms with E-state index in [1.165, 1.54) is 4.90 Å². The number of halogens is 4. The van der Waals surface area contributed by atoms with Crippen LogP contribution in [0.4, 0.5) is 13.2 Å². The molecule has 1 saturated heterocycles. The highest BCUT2D eigenvalue weighted by Gasteiger charge is 2.32. The van der Waals surface area contributed by atoms with Gasteiger partial charge in [0.05, 0.1) is 18.7 Å². The van der Waals surface area contributed by atoms with Crippen molar-refractivity contribution < 1.29 is 17.9 Å². The largest absolute Gasteiger partial charge is 0.401 e. The third-order valence-electron chi connectivity index (χ3n) is 4.47. The predicted molar refractivity (Wildman–Crippen MR) is 110 cm³/mol. The zero-order valence-corrected chi connectivity index (χ0v) is 18.6. The van der Waals surface area contributed by atoms with Crippen LogP contribution in [0.25, 0.3) is 0 Å². The van der Waals surface area contributed by atoms with E-state index in [0.717, 1.165) is 38.3 Å². The third-order valence-corrected chi connectivity index (χ3v) is 4.47. The Labute approximate surface area is 172 Å². The van der Waals surface area contributed by atoms with Crippen molar-refractivity contribution in [3.05, 3.63) is 0 Å². The van der Waals surface area contributed by atoms with Gasteiger partial charge in [0.25, 0.3) is 0 Å². The summed E-state index contributed by atoms with van der Waals surface area (Å²) in [5.74, 6) is 1.22. The Morgan fingerprint density at radius 3 is 2.31 bits per heavy atom. The number of nitrogens with zero attached hydrogens (tertiary/aromatic N) is 2. The van der Waals surface area contributed by atoms with E-state index in [4.69, 9.17) is 4.74 Å². The molecule has 0 unspecified atom stereocenters. The Hall–Kier alpha value is -0.290. The number of aliphatic imine (C=N–C) groups is 1. The average molecular weight is 494 g/mol. The summed E-state index contributed by atoms with van der Waals surface area (Å²) in [6.07, 6.45) is -1.51. The maximum Gasteiger partial charge on any atom is 0.401 e. The van der Waals surface area contributed by atoms with Crippen LogP contribution in [0.1, 0.15) is 40.0 Å². The van der Waals surface area contributed by atoms with Crippen LogP contribution in [0.3, 0.4) is 0 Å². The Balaban J connectivity index is 0.00000625. The van der Waals surface area contributed by atoms with Gasteiger partial charge >= 0.3 is 6.18 Å². The molecular weight excluding hydrogens is 460 g/mol. The van der Waals surface area contributed by atoms with Crippen LogP contribution in [0.2, 0.25) is 0 Å². The van der Waals surface area contributed by atoms with E-state index in [1.54, 1.807) is 7.11 Å². The van der Waals surface area contributed by atoms with Crippen LogP contribution in [-0.2, 0) is 4.74 Å². The van der Waals surface area contributed by atoms with Gasteiger partial charge in [0, 0.05) is 20.2 Å². The molecule has 0 bridgehead atoms. The summed E-state index contributed by atoms with van der Waals surface area (Å²) in [6.45, 7) is 8.33. The van der Waals surface area contributed by atoms with Gasteiger partial charge in [0.2, 0.25) is 0 Å². The van der Waals surface area contributed by atoms with Gasteiger partial charge in [-0.3, -0.25) is 9.89 Å². The summed E-state index contributed by atoms with van der Waals surface area (Å²) in [5.41, 5.74) is -0.312. The molecule has 0 radical (unpaired) electrons. The van der Waals surface area contributed by atoms with Crippen molar-refractivity contribution in [1.29, 1.82) is 0 Å². The molecule has 1 aliphatic rings. The first kappa shape index (κ1) is 25.7. The number of piperidine rings is 1. The minimum absolute atomic E-state index is 0. The minimum Gasteiger partial charge on any atom is -0.377 e. The van der Waals surface area contributed by atoms with Crippen molar-refractivity contribution in [2.24, 2.45) is 10.9 Å². The quantitative estimate of drug-likeness (QED) is 0.309. The lowest BCUT2D eigenvalue weighted by Crippen LogP contribution is -2.42. The first-order valence-electron chi connectivity index (χ1n) is 9.01. The number of methoxy groups -OCH3 is 1. The van der Waals surface area contributed by atoms with Crippen molar-refractivity contribution in [2.75, 3.05) is 46.4 Å². The highest BCUT2D eigenvalue weighted by atomic mass is 127. The lowest BCUT2D eigenvalue weighted by molar-refractivity contribution is -0.148. The number of rotatable bonds is 8. The molecule has 0 aliphatic carbocycles. The van der Waals surface area contributed by atoms with Crippen LogP contribution in [-0.4, -0.2) is 69.0 Å². The summed E-state index contributed by atoms with van der Waals surface area (Å²) in [4.78, 5) is 6.03. The molecule has 0 atom stereocenters. The molecule has 1 rings (SSSR count). The molecule has 1 aliphatic heterocycles. The van der Waals surface area contributed by atoms with Crippen molar-refractivity contribution >= 4 is 29.9 Å². The number of likely N-dealkylation sites (tertiary alicyclic amines) is 1. The van der Waals surface area contributed by atoms with Crippen LogP contribution < -0.4 is 10.6 Å². The van der Waals surface area contributed by atoms with Gasteiger partial charge in [-0.15, -0.1) is 24.0 Å². The molecule has 0 spiro atoms. The second-order valence-electron chi connectivity index (χ2n) is 7.21. The van der Waals surface area contributed by atoms with Gasteiger partial charge in [-0.25, -0.2) is 0 Å². The maximum atomic E-state index is 12.4. The van der Waals surface area contributed by atoms with Crippen molar-refractivity contribution in [2.45, 2.75) is 51.8 Å². The Morgan fingerprint density at radius 1 is 1.19 bits per heavy atom. The summed E-state index contributed by atoms with van der Waals surface area (Å²) in [5, 5.41) is 6.50. The molecule has 0 saturated carbocycles. The van der Waals surface area contributed by atoms with Gasteiger partial charge in [0.1, 0.15) is 0 Å². The smallest absolute Gasteiger partial charge is 0.377 e. The second kappa shape index (κ2) is 12.2. The van der Waals surface area contributed by atoms with Crippen LogP contribution in [0.5, 0.6) is 0 Å². The fourth-order valence-electron chi connectivity index (χ4n) is 2.76. The van der Waals surface area contributed by atoms with Gasteiger partial charge in [-0.05, 0) is 59.0 Å². The number of alkyl halides is 3. The molecule has 26 heavy (non-hydrogen) atoms. The molecule has 1 fully saturated rings. The molecule has 1 heterocycles. The van der Waals surface area contributed by atoms with Gasteiger partial charge < -0.3 is 15.4 Å². The van der Waals surface area contributed by atoms with Crippen LogP contribution in [0, 0.1) is 5.92 Å². The number of nitrogens with one attached hydrogen (secondary N) is 2. The highest BCUT2D eigenvalue weighted by Crippen LogP contribution is 2.23. The van der Waals surface area contributed by atoms with E-state index in [9.17, 15) is 13.2 Å². The summed E-state index contributed by atoms with van der Waals surface area (Å²) >= 11 is 0. The van der Waals surface area contributed by atoms with Gasteiger partial charge in [-0.1, -0.05) is 0 Å². The first-order valence-corrected chi connectivity index (χ1v) is 9.01. The van der Waals surface area contributed by atoms with E-state index < -0.39 is 12.7 Å². The number of ether oxygens (including phenoxy) is 1. The number of hydrogen-bond acceptors (Lipinski definition) is 3. The van der Waals surface area contributed by atoms with Gasteiger partial charge in [0.15, 0.2) is 5.96 Å². The Morgan fingerprint density at radius 2 is 1.81 bits per heavy atom. The minimum atomic E-state index is -4.10. The van der Waals surface area contributed by atoms with Crippen molar-refractivity contribution in [3.8, 4) is 0 Å². The Bertz CT molecular complexity index is 411. The number of guanidine groups is 1. The fourth-order valence-corrected chi connectivity index (χ4v) is 2.76. The normalized spacial score (nSPS) is 17.7. The zero-order valence-electron chi connectivity index (χ0n) is 16.3. The summed E-state index contributed by atoms with van der Waals surface area (Å²) in [6, 6.07) is 0. The zero-order chi connectivity index (χ0) is 18.9. The average Bonchev–Trinajstić information content (AvgIpc) is 2.53. The fraction of sp³-hybridized carbons (Fsp3) is 0.941.